The summed E-state index contributed by atoms with van der Waals surface area (Å²) < 4.78 is 0.976. The number of rotatable bonds is 7. The zero-order valence-corrected chi connectivity index (χ0v) is 25.3. The summed E-state index contributed by atoms with van der Waals surface area (Å²) in [5, 5.41) is 0. The van der Waals surface area contributed by atoms with Gasteiger partial charge in [-0.25, -0.2) is 0 Å². The van der Waals surface area contributed by atoms with Crippen LogP contribution >= 0.6 is 22.6 Å². The van der Waals surface area contributed by atoms with Crippen LogP contribution in [0.5, 0.6) is 0 Å². The highest BCUT2D eigenvalue weighted by molar-refractivity contribution is 14.1. The Morgan fingerprint density at radius 1 is 0.636 bits per heavy atom. The Morgan fingerprint density at radius 2 is 1.06 bits per heavy atom. The lowest BCUT2D eigenvalue weighted by atomic mass is 9.54. The summed E-state index contributed by atoms with van der Waals surface area (Å²) in [4.78, 5) is 0. The van der Waals surface area contributed by atoms with Gasteiger partial charge in [0.15, 0.2) is 0 Å². The van der Waals surface area contributed by atoms with Crippen molar-refractivity contribution in [2.45, 2.75) is 142 Å². The zero-order valence-electron chi connectivity index (χ0n) is 23.2. The van der Waals surface area contributed by atoms with Crippen LogP contribution in [0.1, 0.15) is 138 Å². The summed E-state index contributed by atoms with van der Waals surface area (Å²) in [6, 6.07) is 0. The molecule has 0 spiro atoms. The Bertz CT molecular complexity index is 590. The van der Waals surface area contributed by atoms with E-state index in [1.807, 2.05) is 0 Å². The summed E-state index contributed by atoms with van der Waals surface area (Å²) in [5.41, 5.74) is 0.932. The summed E-state index contributed by atoms with van der Waals surface area (Å²) >= 11 is 2.70. The molecule has 0 heterocycles. The van der Waals surface area contributed by atoms with E-state index in [2.05, 4.69) is 64.1 Å². The van der Waals surface area contributed by atoms with E-state index in [1.54, 1.807) is 51.4 Å². The fourth-order valence-corrected chi connectivity index (χ4v) is 10.0. The average Bonchev–Trinajstić information content (AvgIpc) is 3.64. The van der Waals surface area contributed by atoms with Gasteiger partial charge < -0.3 is 0 Å². The summed E-state index contributed by atoms with van der Waals surface area (Å²) in [6.07, 6.45) is 22.9. The van der Waals surface area contributed by atoms with Crippen LogP contribution in [-0.4, -0.2) is 3.92 Å². The predicted octanol–water partition coefficient (Wildman–Crippen LogP) is 10.7. The molecular weight excluding hydrogens is 511 g/mol. The standard InChI is InChI=1S/C32H57I/c1-7-32(6,31(3,4)5)28-18-14-23(15-19-28)22(2)30(27-12-13-27)26-10-8-24(9-11-26)25-16-20-29(33)21-17-25/h22-30H,7-21H2,1-6H3/t22-,23?,24?,25?,26?,28?,29?,30?,32+/m0/s1. The van der Waals surface area contributed by atoms with Crippen molar-refractivity contribution in [1.82, 2.24) is 0 Å². The molecule has 0 aliphatic heterocycles. The Kier molecular flexibility index (Phi) is 8.93. The van der Waals surface area contributed by atoms with E-state index < -0.39 is 0 Å². The van der Waals surface area contributed by atoms with Crippen molar-refractivity contribution >= 4 is 22.6 Å². The van der Waals surface area contributed by atoms with Gasteiger partial charge in [-0.2, -0.15) is 0 Å². The maximum Gasteiger partial charge on any atom is 0.0110 e. The number of hydrogen-bond donors (Lipinski definition) is 0. The zero-order chi connectivity index (χ0) is 23.8. The Morgan fingerprint density at radius 3 is 1.48 bits per heavy atom. The van der Waals surface area contributed by atoms with Crippen molar-refractivity contribution in [3.63, 3.8) is 0 Å². The highest BCUT2D eigenvalue weighted by atomic mass is 127. The van der Waals surface area contributed by atoms with Crippen LogP contribution in [0.15, 0.2) is 0 Å². The fourth-order valence-electron chi connectivity index (χ4n) is 9.30. The Hall–Kier alpha value is 0.730. The second-order valence-corrected chi connectivity index (χ2v) is 16.4. The van der Waals surface area contributed by atoms with Gasteiger partial charge in [0.1, 0.15) is 0 Å². The van der Waals surface area contributed by atoms with Gasteiger partial charge in [0.25, 0.3) is 0 Å². The number of halogens is 1. The maximum absolute atomic E-state index is 2.71. The van der Waals surface area contributed by atoms with Gasteiger partial charge in [0.05, 0.1) is 0 Å². The van der Waals surface area contributed by atoms with Crippen molar-refractivity contribution in [1.29, 1.82) is 0 Å². The van der Waals surface area contributed by atoms with Crippen LogP contribution < -0.4 is 0 Å². The third kappa shape index (κ3) is 6.01. The lowest BCUT2D eigenvalue weighted by molar-refractivity contribution is -0.0109. The van der Waals surface area contributed by atoms with Gasteiger partial charge in [-0.15, -0.1) is 0 Å². The lowest BCUT2D eigenvalue weighted by Gasteiger charge is -2.51. The highest BCUT2D eigenvalue weighted by Gasteiger charge is 2.47. The molecule has 0 aromatic carbocycles. The van der Waals surface area contributed by atoms with Crippen LogP contribution in [-0.2, 0) is 0 Å². The molecule has 0 aromatic heterocycles. The van der Waals surface area contributed by atoms with E-state index in [0.717, 1.165) is 51.3 Å². The molecule has 1 unspecified atom stereocenters. The monoisotopic (exact) mass is 568 g/mol. The molecule has 4 aliphatic carbocycles. The van der Waals surface area contributed by atoms with E-state index in [9.17, 15) is 0 Å². The quantitative estimate of drug-likeness (QED) is 0.212. The third-order valence-corrected chi connectivity index (χ3v) is 13.6. The molecule has 0 N–H and O–H groups in total. The van der Waals surface area contributed by atoms with Gasteiger partial charge in [-0.1, -0.05) is 64.1 Å². The molecule has 1 heteroatoms. The predicted molar refractivity (Wildman–Crippen MR) is 154 cm³/mol. The molecule has 4 rings (SSSR count). The largest absolute Gasteiger partial charge is 0.0826 e. The molecule has 0 radical (unpaired) electrons. The topological polar surface area (TPSA) is 0 Å². The van der Waals surface area contributed by atoms with Gasteiger partial charge in [0, 0.05) is 3.92 Å². The normalized spacial score (nSPS) is 40.1. The van der Waals surface area contributed by atoms with Crippen LogP contribution in [0.4, 0.5) is 0 Å². The van der Waals surface area contributed by atoms with E-state index in [4.69, 9.17) is 0 Å². The van der Waals surface area contributed by atoms with Gasteiger partial charge >= 0.3 is 0 Å². The first-order valence-electron chi connectivity index (χ1n) is 15.3. The van der Waals surface area contributed by atoms with Crippen LogP contribution in [0, 0.1) is 58.2 Å². The minimum atomic E-state index is 0.427. The Balaban J connectivity index is 1.31. The number of hydrogen-bond acceptors (Lipinski definition) is 0. The van der Waals surface area contributed by atoms with E-state index in [-0.39, 0.29) is 0 Å². The highest BCUT2D eigenvalue weighted by Crippen LogP contribution is 2.56. The molecule has 4 fully saturated rings. The Labute approximate surface area is 221 Å². The van der Waals surface area contributed by atoms with Crippen LogP contribution in [0.2, 0.25) is 0 Å². The molecule has 192 valence electrons. The van der Waals surface area contributed by atoms with Crippen molar-refractivity contribution in [3.8, 4) is 0 Å². The second-order valence-electron chi connectivity index (χ2n) is 14.6. The van der Waals surface area contributed by atoms with Crippen LogP contribution in [0.25, 0.3) is 0 Å². The first-order chi connectivity index (χ1) is 15.6. The van der Waals surface area contributed by atoms with Crippen molar-refractivity contribution in [3.05, 3.63) is 0 Å². The van der Waals surface area contributed by atoms with Gasteiger partial charge in [-0.3, -0.25) is 0 Å². The van der Waals surface area contributed by atoms with Crippen molar-refractivity contribution in [2.75, 3.05) is 0 Å². The lowest BCUT2D eigenvalue weighted by Crippen LogP contribution is -2.42. The minimum absolute atomic E-state index is 0.427. The van der Waals surface area contributed by atoms with Crippen molar-refractivity contribution in [2.24, 2.45) is 58.2 Å². The van der Waals surface area contributed by atoms with Gasteiger partial charge in [0.2, 0.25) is 0 Å². The summed E-state index contributed by atoms with van der Waals surface area (Å²) in [7, 11) is 0. The second kappa shape index (κ2) is 11.0. The molecule has 3 atom stereocenters. The van der Waals surface area contributed by atoms with Gasteiger partial charge in [-0.05, 0) is 154 Å². The smallest absolute Gasteiger partial charge is 0.0110 e. The van der Waals surface area contributed by atoms with Crippen molar-refractivity contribution < 1.29 is 0 Å². The maximum atomic E-state index is 2.71. The molecule has 0 saturated heterocycles. The van der Waals surface area contributed by atoms with E-state index >= 15 is 0 Å². The molecule has 4 aliphatic rings. The molecule has 0 nitrogen and oxygen atoms in total. The molecular formula is C32H57I. The summed E-state index contributed by atoms with van der Waals surface area (Å²) in [6.45, 7) is 15.3. The fraction of sp³-hybridized carbons (Fsp3) is 1.00. The summed E-state index contributed by atoms with van der Waals surface area (Å²) in [5.74, 6) is 8.35. The first kappa shape index (κ1) is 26.8. The molecule has 0 aromatic rings. The van der Waals surface area contributed by atoms with E-state index in [0.29, 0.717) is 10.8 Å². The minimum Gasteiger partial charge on any atom is -0.0826 e. The van der Waals surface area contributed by atoms with Crippen LogP contribution in [0.3, 0.4) is 0 Å². The first-order valence-corrected chi connectivity index (χ1v) is 16.5. The van der Waals surface area contributed by atoms with E-state index in [1.165, 1.54) is 44.9 Å². The SMILES string of the molecule is CC[C@](C)(C1CCC([C@H](C)C(C2CCC(C3CCC(I)CC3)CC2)C2CC2)CC1)C(C)(C)C. The number of alkyl halides is 1. The molecule has 4 saturated carbocycles. The molecule has 0 bridgehead atoms. The third-order valence-electron chi connectivity index (χ3n) is 12.4. The average molecular weight is 569 g/mol. The molecule has 33 heavy (non-hydrogen) atoms. The molecule has 0 amide bonds.